The fourth-order valence-corrected chi connectivity index (χ4v) is 17.5. The Morgan fingerprint density at radius 2 is 0.733 bits per heavy atom. The third kappa shape index (κ3) is 15.8. The molecule has 17 rings (SSSR count). The lowest BCUT2D eigenvalue weighted by Gasteiger charge is -2.15. The number of fused-ring (bicyclic) bond motifs is 8. The Morgan fingerprint density at radius 3 is 1.28 bits per heavy atom. The molecule has 0 radical (unpaired) electrons. The molecule has 6 aromatic heterocycles. The number of benzene rings is 11. The van der Waals surface area contributed by atoms with E-state index >= 15 is 0 Å². The number of para-hydroxylation sites is 1. The molecule has 0 aliphatic carbocycles. The number of pyridine rings is 5. The van der Waals surface area contributed by atoms with Crippen LogP contribution in [0.3, 0.4) is 0 Å². The maximum atomic E-state index is 8.46. The summed E-state index contributed by atoms with van der Waals surface area (Å²) < 4.78 is 38.2. The summed E-state index contributed by atoms with van der Waals surface area (Å²) in [4.78, 5) is 0. The molecule has 0 bridgehead atoms. The molecule has 0 amide bonds. The number of aryl methyl sites for hydroxylation is 11. The van der Waals surface area contributed by atoms with Gasteiger partial charge in [-0.3, -0.25) is 0 Å². The van der Waals surface area contributed by atoms with Crippen molar-refractivity contribution in [3.05, 3.63) is 338 Å². The zero-order chi connectivity index (χ0) is 85.8. The van der Waals surface area contributed by atoms with Crippen molar-refractivity contribution in [2.45, 2.75) is 163 Å². The van der Waals surface area contributed by atoms with Gasteiger partial charge in [0.2, 0.25) is 28.5 Å². The van der Waals surface area contributed by atoms with Crippen LogP contribution in [0, 0.1) is 104 Å². The highest BCUT2D eigenvalue weighted by molar-refractivity contribution is 6.10. The van der Waals surface area contributed by atoms with E-state index in [4.69, 9.17) is 4.11 Å². The van der Waals surface area contributed by atoms with E-state index in [2.05, 4.69) is 383 Å². The smallest absolute Gasteiger partial charge is 0.220 e. The summed E-state index contributed by atoms with van der Waals surface area (Å²) in [5.74, 6) is 1.08. The molecule has 17 aromatic rings. The van der Waals surface area contributed by atoms with Gasteiger partial charge in [0.05, 0.1) is 46.3 Å². The zero-order valence-electron chi connectivity index (χ0n) is 76.8. The molecule has 586 valence electrons. The molecule has 0 saturated carbocycles. The van der Waals surface area contributed by atoms with Crippen molar-refractivity contribution >= 4 is 75.7 Å². The Bertz CT molecular complexity index is 6720. The summed E-state index contributed by atoms with van der Waals surface area (Å²) in [6.07, 6.45) is 0.576. The van der Waals surface area contributed by atoms with Crippen molar-refractivity contribution in [3.8, 4) is 56.3 Å². The average Bonchev–Trinajstić information content (AvgIpc) is 1.60. The second-order valence-corrected chi connectivity index (χ2v) is 33.6. The second kappa shape index (κ2) is 34.0. The first kappa shape index (κ1) is 78.2. The van der Waals surface area contributed by atoms with E-state index in [1.54, 1.807) is 6.07 Å². The molecule has 0 aliphatic heterocycles. The molecule has 0 unspecified atom stereocenters. The topological polar surface area (TPSA) is 24.3 Å². The number of aromatic nitrogens is 6. The summed E-state index contributed by atoms with van der Waals surface area (Å²) in [5.41, 5.74) is 36.5. The van der Waals surface area contributed by atoms with Gasteiger partial charge in [-0.15, -0.1) is 0 Å². The van der Waals surface area contributed by atoms with Crippen LogP contribution in [-0.2, 0) is 35.2 Å². The highest BCUT2D eigenvalue weighted by Crippen LogP contribution is 2.41. The third-order valence-corrected chi connectivity index (χ3v) is 24.8. The van der Waals surface area contributed by atoms with Gasteiger partial charge in [0.25, 0.3) is 0 Å². The van der Waals surface area contributed by atoms with Crippen LogP contribution in [0.5, 0.6) is 0 Å². The van der Waals surface area contributed by atoms with Gasteiger partial charge in [-0.05, 0) is 246 Å². The Morgan fingerprint density at radius 1 is 0.284 bits per heavy atom. The van der Waals surface area contributed by atoms with Gasteiger partial charge >= 0.3 is 0 Å². The van der Waals surface area contributed by atoms with Gasteiger partial charge in [0.1, 0.15) is 36.6 Å². The summed E-state index contributed by atoms with van der Waals surface area (Å²) in [6, 6.07) is 82.0. The van der Waals surface area contributed by atoms with Crippen molar-refractivity contribution in [2.75, 3.05) is 0 Å². The average molecular weight is 1530 g/mol. The monoisotopic (exact) mass is 1530 g/mol. The van der Waals surface area contributed by atoms with Crippen LogP contribution in [0.4, 0.5) is 0 Å². The number of hydrogen-bond donors (Lipinski definition) is 0. The molecule has 0 atom stereocenters. The highest BCUT2D eigenvalue weighted by Gasteiger charge is 2.28. The van der Waals surface area contributed by atoms with Gasteiger partial charge in [-0.1, -0.05) is 190 Å². The van der Waals surface area contributed by atoms with Gasteiger partial charge in [-0.2, -0.15) is 18.3 Å². The highest BCUT2D eigenvalue weighted by atomic mass is 15.0. The lowest BCUT2D eigenvalue weighted by Crippen LogP contribution is -2.36. The molecule has 0 fully saturated rings. The Balaban J connectivity index is 0.000000130. The quantitative estimate of drug-likeness (QED) is 0.135. The number of nitrogens with zero attached hydrogens (tertiary/aromatic N) is 6. The normalized spacial score (nSPS) is 11.8. The molecule has 116 heavy (non-hydrogen) atoms. The van der Waals surface area contributed by atoms with E-state index < -0.39 is 0 Å². The number of rotatable bonds is 8. The summed E-state index contributed by atoms with van der Waals surface area (Å²) >= 11 is 0. The Kier molecular flexibility index (Phi) is 22.9. The van der Waals surface area contributed by atoms with E-state index in [1.165, 1.54) is 199 Å². The van der Waals surface area contributed by atoms with Crippen LogP contribution < -0.4 is 22.8 Å². The molecule has 0 aliphatic rings. The third-order valence-electron chi connectivity index (χ3n) is 24.8. The molecular formula is C110H121N6+5. The molecule has 6 heteroatoms. The maximum Gasteiger partial charge on any atom is 0.220 e. The fourth-order valence-electron chi connectivity index (χ4n) is 17.5. The second-order valence-electron chi connectivity index (χ2n) is 33.6. The van der Waals surface area contributed by atoms with E-state index in [0.717, 1.165) is 28.1 Å². The standard InChI is InChI=1S/C28H29N2.C22H26N.C21H24N.C20H22N.C19H20N/c1-17(2)30-26-14-10-9-12-22(26)25-15-18(3)24(16-27(25)30)28-23-13-8-7-11-21(23)19(4)20(5)29(28)6;1-14(2)18-9-10-19-12-17(5)23(6)22(21(19)13-18)20-11-15(3)7-8-16(20)4;1-14(2)17-10-11-18-12-16(4)22(5)21(20(18)13-17)19-9-7-6-8-15(19)3;1-13-10-14(2)16(4)19(11-13)20-18-9-7-6-8-17(18)15(3)12-21(20)5;1-13-9-5-6-10-16(13)19-18-12-8-7-11-17(18)14(2)15(3)20(19)4/h7-17H,1-6H3;7-14H,1-6H3;6-14H,1-5H3;6-12H,1-5H3;5-12H,1-4H3/q5*+1/i;;;12D;6D,9D. The molecular weight excluding hydrogens is 1410 g/mol. The lowest BCUT2D eigenvalue weighted by molar-refractivity contribution is -0.666. The molecule has 0 saturated heterocycles. The molecule has 0 spiro atoms. The first-order chi connectivity index (χ1) is 56.6. The predicted molar refractivity (Wildman–Crippen MR) is 495 cm³/mol. The van der Waals surface area contributed by atoms with Gasteiger partial charge in [0.15, 0.2) is 28.9 Å². The van der Waals surface area contributed by atoms with Crippen molar-refractivity contribution in [3.63, 3.8) is 0 Å². The van der Waals surface area contributed by atoms with E-state index in [1.807, 2.05) is 43.7 Å². The Labute approximate surface area is 695 Å². The SMILES string of the molecule is Cc1cc2c3ccccc3n(C(C)C)c2cc1-c1c2ccccc2c(C)c(C)[n+]1C.Cc1ccc(C)c(-c2c3cc(C(C)C)ccc3cc(C)[n+]2C)c1.Cc1ccccc1-c1c2cc(C(C)C)ccc2cc(C)[n+]1C.[2H]c1c(C)c2ccccc2c(-c2cc(C)cc(C)c2C)[n+]1C.[2H]c1cc([2H])c(C)c(-c2c3ccccc3c(C)c(C)[n+]2C)c1. The van der Waals surface area contributed by atoms with Gasteiger partial charge in [-0.25, -0.2) is 4.57 Å². The summed E-state index contributed by atoms with van der Waals surface area (Å²) in [5, 5.41) is 15.4. The molecule has 0 N–H and O–H groups in total. The van der Waals surface area contributed by atoms with Crippen LogP contribution >= 0.6 is 0 Å². The van der Waals surface area contributed by atoms with E-state index in [-0.39, 0.29) is 0 Å². The number of hydrogen-bond acceptors (Lipinski definition) is 0. The molecule has 6 heterocycles. The minimum absolute atomic E-state index is 0.382. The minimum atomic E-state index is 0.382. The van der Waals surface area contributed by atoms with Crippen molar-refractivity contribution < 1.29 is 26.9 Å². The van der Waals surface area contributed by atoms with Crippen LogP contribution in [0.2, 0.25) is 0 Å². The zero-order valence-corrected chi connectivity index (χ0v) is 73.8. The van der Waals surface area contributed by atoms with Crippen LogP contribution in [0.25, 0.3) is 132 Å². The van der Waals surface area contributed by atoms with Crippen molar-refractivity contribution in [1.82, 2.24) is 4.57 Å². The lowest BCUT2D eigenvalue weighted by atomic mass is 9.94. The van der Waals surface area contributed by atoms with Gasteiger partial charge < -0.3 is 4.57 Å². The first-order valence-corrected chi connectivity index (χ1v) is 41.4. The van der Waals surface area contributed by atoms with Crippen LogP contribution in [-0.4, -0.2) is 4.57 Å². The van der Waals surface area contributed by atoms with Crippen molar-refractivity contribution in [1.29, 1.82) is 0 Å². The van der Waals surface area contributed by atoms with Crippen LogP contribution in [0.1, 0.15) is 159 Å². The first-order valence-electron chi connectivity index (χ1n) is 42.9. The molecule has 11 aromatic carbocycles. The largest absolute Gasteiger partial charge is 0.338 e. The fraction of sp³-hybridized carbons (Fsp3) is 0.264. The minimum Gasteiger partial charge on any atom is -0.338 e. The maximum absolute atomic E-state index is 8.46. The summed E-state index contributed by atoms with van der Waals surface area (Å²) in [6.45, 7) is 45.9. The summed E-state index contributed by atoms with van der Waals surface area (Å²) in [7, 11) is 10.6. The van der Waals surface area contributed by atoms with Crippen LogP contribution in [0.15, 0.2) is 243 Å². The van der Waals surface area contributed by atoms with Crippen molar-refractivity contribution in [2.24, 2.45) is 35.2 Å². The van der Waals surface area contributed by atoms with E-state index in [9.17, 15) is 0 Å². The van der Waals surface area contributed by atoms with E-state index in [0.29, 0.717) is 36.1 Å². The van der Waals surface area contributed by atoms with Gasteiger partial charge in [0, 0.05) is 95.5 Å². The predicted octanol–water partition coefficient (Wildman–Crippen LogP) is 26.2. The molecule has 6 nitrogen and oxygen atoms in total. The Hall–Kier alpha value is -11.7.